The molecule has 2 aromatic rings. The molecular formula is C16H22FN3S. The minimum atomic E-state index is -0.151. The lowest BCUT2D eigenvalue weighted by Crippen LogP contribution is -2.30. The van der Waals surface area contributed by atoms with Crippen molar-refractivity contribution in [1.29, 1.82) is 0 Å². The van der Waals surface area contributed by atoms with E-state index in [0.29, 0.717) is 10.9 Å². The van der Waals surface area contributed by atoms with E-state index in [4.69, 9.17) is 0 Å². The number of benzene rings is 1. The molecule has 0 saturated carbocycles. The first-order valence-electron chi connectivity index (χ1n) is 7.18. The summed E-state index contributed by atoms with van der Waals surface area (Å²) in [6.45, 7) is 4.22. The van der Waals surface area contributed by atoms with E-state index in [9.17, 15) is 4.39 Å². The zero-order valence-electron chi connectivity index (χ0n) is 12.7. The quantitative estimate of drug-likeness (QED) is 0.794. The van der Waals surface area contributed by atoms with Crippen molar-refractivity contribution in [3.63, 3.8) is 0 Å². The third kappa shape index (κ3) is 4.58. The maximum Gasteiger partial charge on any atom is 0.136 e. The lowest BCUT2D eigenvalue weighted by molar-refractivity contribution is 0.518. The van der Waals surface area contributed by atoms with Gasteiger partial charge in [0.2, 0.25) is 0 Å². The number of halogens is 1. The van der Waals surface area contributed by atoms with Gasteiger partial charge in [0.05, 0.1) is 5.69 Å². The van der Waals surface area contributed by atoms with Crippen molar-refractivity contribution in [3.8, 4) is 0 Å². The molecule has 0 amide bonds. The van der Waals surface area contributed by atoms with Crippen LogP contribution in [0.25, 0.3) is 0 Å². The maximum absolute atomic E-state index is 13.6. The highest BCUT2D eigenvalue weighted by atomic mass is 32.2. The van der Waals surface area contributed by atoms with E-state index in [1.807, 2.05) is 30.1 Å². The highest BCUT2D eigenvalue weighted by molar-refractivity contribution is 7.99. The standard InChI is InChI=1S/C16H22FN3S/c1-12(2)20-9-8-13(19-20)10-14(18-3)11-21-16-7-5-4-6-15(16)17/h4-9,12,14,18H,10-11H2,1-3H3. The van der Waals surface area contributed by atoms with Gasteiger partial charge in [-0.3, -0.25) is 4.68 Å². The van der Waals surface area contributed by atoms with Gasteiger partial charge in [-0.1, -0.05) is 12.1 Å². The fourth-order valence-electron chi connectivity index (χ4n) is 2.02. The van der Waals surface area contributed by atoms with Gasteiger partial charge in [0.25, 0.3) is 0 Å². The smallest absolute Gasteiger partial charge is 0.136 e. The van der Waals surface area contributed by atoms with Gasteiger partial charge in [-0.15, -0.1) is 11.8 Å². The number of rotatable bonds is 7. The van der Waals surface area contributed by atoms with E-state index in [1.165, 1.54) is 17.8 Å². The Morgan fingerprint density at radius 3 is 2.67 bits per heavy atom. The van der Waals surface area contributed by atoms with Crippen molar-refractivity contribution in [1.82, 2.24) is 15.1 Å². The van der Waals surface area contributed by atoms with Crippen LogP contribution in [0.15, 0.2) is 41.4 Å². The van der Waals surface area contributed by atoms with Gasteiger partial charge < -0.3 is 5.32 Å². The summed E-state index contributed by atoms with van der Waals surface area (Å²) in [5.41, 5.74) is 1.07. The maximum atomic E-state index is 13.6. The molecule has 2 rings (SSSR count). The van der Waals surface area contributed by atoms with Crippen LogP contribution in [0, 0.1) is 5.82 Å². The molecule has 1 unspecified atom stereocenters. The third-order valence-corrected chi connectivity index (χ3v) is 4.54. The van der Waals surface area contributed by atoms with Crippen molar-refractivity contribution in [2.24, 2.45) is 0 Å². The van der Waals surface area contributed by atoms with Crippen molar-refractivity contribution in [2.75, 3.05) is 12.8 Å². The largest absolute Gasteiger partial charge is 0.316 e. The molecule has 0 aliphatic rings. The second-order valence-electron chi connectivity index (χ2n) is 5.31. The van der Waals surface area contributed by atoms with Gasteiger partial charge >= 0.3 is 0 Å². The number of thioether (sulfide) groups is 1. The van der Waals surface area contributed by atoms with Gasteiger partial charge in [0.15, 0.2) is 0 Å². The molecule has 0 aliphatic heterocycles. The van der Waals surface area contributed by atoms with E-state index in [0.717, 1.165) is 17.9 Å². The Hall–Kier alpha value is -1.33. The molecule has 5 heteroatoms. The van der Waals surface area contributed by atoms with Crippen LogP contribution < -0.4 is 5.32 Å². The van der Waals surface area contributed by atoms with Crippen LogP contribution in [0.3, 0.4) is 0 Å². The summed E-state index contributed by atoms with van der Waals surface area (Å²) >= 11 is 1.54. The molecule has 3 nitrogen and oxygen atoms in total. The Morgan fingerprint density at radius 2 is 2.05 bits per heavy atom. The summed E-state index contributed by atoms with van der Waals surface area (Å²) in [5, 5.41) is 7.85. The molecule has 0 radical (unpaired) electrons. The monoisotopic (exact) mass is 307 g/mol. The van der Waals surface area contributed by atoms with Gasteiger partial charge in [0, 0.05) is 35.3 Å². The van der Waals surface area contributed by atoms with E-state index < -0.39 is 0 Å². The first kappa shape index (κ1) is 16.0. The summed E-state index contributed by atoms with van der Waals surface area (Å²) in [4.78, 5) is 0.699. The van der Waals surface area contributed by atoms with Crippen LogP contribution in [-0.2, 0) is 6.42 Å². The number of hydrogen-bond acceptors (Lipinski definition) is 3. The van der Waals surface area contributed by atoms with Crippen molar-refractivity contribution in [2.45, 2.75) is 37.2 Å². The second kappa shape index (κ2) is 7.61. The number of hydrogen-bond donors (Lipinski definition) is 1. The number of likely N-dealkylation sites (N-methyl/N-ethyl adjacent to an activating group) is 1. The van der Waals surface area contributed by atoms with Crippen LogP contribution in [0.5, 0.6) is 0 Å². The van der Waals surface area contributed by atoms with Crippen LogP contribution in [0.1, 0.15) is 25.6 Å². The highest BCUT2D eigenvalue weighted by Crippen LogP contribution is 2.22. The average molecular weight is 307 g/mol. The van der Waals surface area contributed by atoms with E-state index in [-0.39, 0.29) is 11.9 Å². The van der Waals surface area contributed by atoms with Crippen molar-refractivity contribution >= 4 is 11.8 Å². The predicted octanol–water partition coefficient (Wildman–Crippen LogP) is 3.53. The lowest BCUT2D eigenvalue weighted by atomic mass is 10.2. The molecule has 1 aromatic heterocycles. The molecule has 1 atom stereocenters. The van der Waals surface area contributed by atoms with Crippen LogP contribution >= 0.6 is 11.8 Å². The first-order chi connectivity index (χ1) is 10.1. The summed E-state index contributed by atoms with van der Waals surface area (Å²) < 4.78 is 15.6. The van der Waals surface area contributed by atoms with Crippen LogP contribution in [-0.4, -0.2) is 28.6 Å². The molecule has 1 heterocycles. The van der Waals surface area contributed by atoms with E-state index >= 15 is 0 Å². The van der Waals surface area contributed by atoms with Crippen LogP contribution in [0.2, 0.25) is 0 Å². The predicted molar refractivity (Wildman–Crippen MR) is 86.3 cm³/mol. The fraction of sp³-hybridized carbons (Fsp3) is 0.438. The minimum absolute atomic E-state index is 0.151. The topological polar surface area (TPSA) is 29.9 Å². The van der Waals surface area contributed by atoms with Gasteiger partial charge in [-0.05, 0) is 39.1 Å². The Kier molecular flexibility index (Phi) is 5.82. The lowest BCUT2D eigenvalue weighted by Gasteiger charge is -2.15. The molecule has 0 saturated heterocycles. The molecular weight excluding hydrogens is 285 g/mol. The highest BCUT2D eigenvalue weighted by Gasteiger charge is 2.12. The average Bonchev–Trinajstić information content (AvgIpc) is 2.93. The summed E-state index contributed by atoms with van der Waals surface area (Å²) in [6.07, 6.45) is 2.86. The van der Waals surface area contributed by atoms with Gasteiger partial charge in [0.1, 0.15) is 5.82 Å². The molecule has 1 aromatic carbocycles. The fourth-order valence-corrected chi connectivity index (χ4v) is 3.07. The van der Waals surface area contributed by atoms with E-state index in [1.54, 1.807) is 6.07 Å². The number of aromatic nitrogens is 2. The Bertz CT molecular complexity index is 568. The van der Waals surface area contributed by atoms with Crippen molar-refractivity contribution in [3.05, 3.63) is 48.0 Å². The number of nitrogens with one attached hydrogen (secondary N) is 1. The first-order valence-corrected chi connectivity index (χ1v) is 8.17. The SMILES string of the molecule is CNC(CSc1ccccc1F)Cc1ccn(C(C)C)n1. The second-order valence-corrected chi connectivity index (χ2v) is 6.37. The van der Waals surface area contributed by atoms with E-state index in [2.05, 4.69) is 30.3 Å². The zero-order valence-corrected chi connectivity index (χ0v) is 13.5. The van der Waals surface area contributed by atoms with Crippen molar-refractivity contribution < 1.29 is 4.39 Å². The zero-order chi connectivity index (χ0) is 15.2. The molecule has 0 bridgehead atoms. The molecule has 1 N–H and O–H groups in total. The Labute approximate surface area is 129 Å². The summed E-state index contributed by atoms with van der Waals surface area (Å²) in [5.74, 6) is 0.660. The summed E-state index contributed by atoms with van der Waals surface area (Å²) in [6, 6.07) is 9.60. The van der Waals surface area contributed by atoms with Gasteiger partial charge in [-0.25, -0.2) is 4.39 Å². The summed E-state index contributed by atoms with van der Waals surface area (Å²) in [7, 11) is 1.94. The third-order valence-electron chi connectivity index (χ3n) is 3.33. The minimum Gasteiger partial charge on any atom is -0.316 e. The molecule has 21 heavy (non-hydrogen) atoms. The Morgan fingerprint density at radius 1 is 1.29 bits per heavy atom. The van der Waals surface area contributed by atoms with Gasteiger partial charge in [-0.2, -0.15) is 5.10 Å². The molecule has 0 spiro atoms. The molecule has 0 fully saturated rings. The number of nitrogens with zero attached hydrogens (tertiary/aromatic N) is 2. The Balaban J connectivity index is 1.92. The molecule has 0 aliphatic carbocycles. The van der Waals surface area contributed by atoms with Crippen LogP contribution in [0.4, 0.5) is 4.39 Å². The normalized spacial score (nSPS) is 12.8. The molecule has 114 valence electrons.